The van der Waals surface area contributed by atoms with Gasteiger partial charge in [-0.1, -0.05) is 12.1 Å². The molecule has 5 heteroatoms. The lowest BCUT2D eigenvalue weighted by molar-refractivity contribution is -0.136. The van der Waals surface area contributed by atoms with Gasteiger partial charge >= 0.3 is 5.97 Å². The summed E-state index contributed by atoms with van der Waals surface area (Å²) in [6.07, 6.45) is -0.163. The molecule has 16 heavy (non-hydrogen) atoms. The van der Waals surface area contributed by atoms with E-state index in [4.69, 9.17) is 5.11 Å². The number of hydrogen-bond donors (Lipinski definition) is 1. The number of benzene rings is 1. The largest absolute Gasteiger partial charge is 0.481 e. The second-order valence-corrected chi connectivity index (χ2v) is 5.47. The van der Waals surface area contributed by atoms with Crippen molar-refractivity contribution in [3.05, 3.63) is 34.7 Å². The van der Waals surface area contributed by atoms with E-state index in [1.165, 1.54) is 11.5 Å². The highest BCUT2D eigenvalue weighted by atomic mass is 32.2. The fraction of sp³-hybridized carbons (Fsp3) is 0.182. The van der Waals surface area contributed by atoms with Crippen LogP contribution in [0.5, 0.6) is 0 Å². The van der Waals surface area contributed by atoms with Crippen LogP contribution in [0.4, 0.5) is 0 Å². The van der Waals surface area contributed by atoms with Gasteiger partial charge in [-0.3, -0.25) is 4.79 Å². The van der Waals surface area contributed by atoms with E-state index in [1.54, 1.807) is 19.1 Å². The third kappa shape index (κ3) is 1.63. The van der Waals surface area contributed by atoms with E-state index >= 15 is 0 Å². The van der Waals surface area contributed by atoms with Gasteiger partial charge in [0.15, 0.2) is 0 Å². The van der Waals surface area contributed by atoms with Gasteiger partial charge in [-0.25, -0.2) is 8.42 Å². The molecule has 1 aromatic carbocycles. The number of rotatable bonds is 2. The molecule has 1 heterocycles. The first-order valence-corrected chi connectivity index (χ1v) is 6.24. The topological polar surface area (TPSA) is 71.4 Å². The van der Waals surface area contributed by atoms with Gasteiger partial charge in [-0.15, -0.1) is 0 Å². The third-order valence-electron chi connectivity index (χ3n) is 2.49. The summed E-state index contributed by atoms with van der Waals surface area (Å²) in [6, 6.07) is 4.72. The van der Waals surface area contributed by atoms with Crippen LogP contribution in [0, 0.1) is 0 Å². The van der Waals surface area contributed by atoms with Gasteiger partial charge in [-0.05, 0) is 24.1 Å². The summed E-state index contributed by atoms with van der Waals surface area (Å²) in [7, 11) is -3.37. The van der Waals surface area contributed by atoms with Crippen molar-refractivity contribution in [3.8, 4) is 0 Å². The maximum absolute atomic E-state index is 11.7. The lowest BCUT2D eigenvalue weighted by Gasteiger charge is -2.06. The molecule has 0 unspecified atom stereocenters. The van der Waals surface area contributed by atoms with Gasteiger partial charge in [-0.2, -0.15) is 0 Å². The number of sulfone groups is 1. The number of allylic oxidation sites excluding steroid dienone is 1. The lowest BCUT2D eigenvalue weighted by Crippen LogP contribution is -2.04. The molecule has 0 aliphatic carbocycles. The fourth-order valence-corrected chi connectivity index (χ4v) is 3.48. The second kappa shape index (κ2) is 3.45. The number of aliphatic carboxylic acids is 1. The van der Waals surface area contributed by atoms with Gasteiger partial charge in [0.1, 0.15) is 0 Å². The molecule has 1 aromatic rings. The number of carboxylic acid groups (broad SMARTS) is 1. The molecule has 4 nitrogen and oxygen atoms in total. The Kier molecular flexibility index (Phi) is 2.35. The number of hydrogen-bond acceptors (Lipinski definition) is 3. The van der Waals surface area contributed by atoms with E-state index in [0.717, 1.165) is 0 Å². The molecule has 0 aromatic heterocycles. The van der Waals surface area contributed by atoms with Crippen LogP contribution in [0.1, 0.15) is 18.1 Å². The van der Waals surface area contributed by atoms with Crippen molar-refractivity contribution in [2.24, 2.45) is 0 Å². The molecular weight excluding hydrogens is 228 g/mol. The summed E-state index contributed by atoms with van der Waals surface area (Å²) >= 11 is 0. The van der Waals surface area contributed by atoms with Crippen molar-refractivity contribution in [1.82, 2.24) is 0 Å². The van der Waals surface area contributed by atoms with Crippen LogP contribution >= 0.6 is 0 Å². The summed E-state index contributed by atoms with van der Waals surface area (Å²) < 4.78 is 23.4. The number of fused-ring (bicyclic) bond motifs is 1. The van der Waals surface area contributed by atoms with Crippen molar-refractivity contribution in [2.75, 3.05) is 0 Å². The minimum Gasteiger partial charge on any atom is -0.481 e. The predicted octanol–water partition coefficient (Wildman–Crippen LogP) is 1.46. The maximum Gasteiger partial charge on any atom is 0.307 e. The molecule has 0 atom stereocenters. The van der Waals surface area contributed by atoms with Gasteiger partial charge < -0.3 is 5.11 Å². The third-order valence-corrected chi connectivity index (χ3v) is 4.10. The molecule has 0 amide bonds. The van der Waals surface area contributed by atoms with Crippen molar-refractivity contribution < 1.29 is 18.3 Å². The van der Waals surface area contributed by atoms with E-state index in [0.29, 0.717) is 16.7 Å². The molecule has 2 rings (SSSR count). The van der Waals surface area contributed by atoms with E-state index in [2.05, 4.69) is 0 Å². The van der Waals surface area contributed by atoms with Crippen LogP contribution in [0.15, 0.2) is 28.5 Å². The molecule has 1 N–H and O–H groups in total. The molecule has 0 bridgehead atoms. The average molecular weight is 238 g/mol. The normalized spacial score (nSPS) is 16.7. The summed E-state index contributed by atoms with van der Waals surface area (Å²) in [4.78, 5) is 10.9. The quantitative estimate of drug-likeness (QED) is 0.846. The van der Waals surface area contributed by atoms with Gasteiger partial charge in [0.25, 0.3) is 0 Å². The van der Waals surface area contributed by atoms with Crippen LogP contribution in [-0.2, 0) is 21.1 Å². The van der Waals surface area contributed by atoms with Crippen molar-refractivity contribution in [2.45, 2.75) is 18.2 Å². The standard InChI is InChI=1S/C11H10O4S/c1-7-6-16(14,15)9-4-2-3-8(11(7)9)5-10(12)13/h2-4,6H,5H2,1H3,(H,12,13). The van der Waals surface area contributed by atoms with E-state index in [1.807, 2.05) is 0 Å². The Morgan fingerprint density at radius 2 is 2.06 bits per heavy atom. The minimum atomic E-state index is -3.37. The smallest absolute Gasteiger partial charge is 0.307 e. The molecule has 0 fully saturated rings. The van der Waals surface area contributed by atoms with Crippen molar-refractivity contribution in [3.63, 3.8) is 0 Å². The average Bonchev–Trinajstić information content (AvgIpc) is 2.37. The Morgan fingerprint density at radius 1 is 1.38 bits per heavy atom. The first kappa shape index (κ1) is 10.9. The first-order valence-electron chi connectivity index (χ1n) is 4.69. The number of carbonyl (C=O) groups is 1. The zero-order valence-corrected chi connectivity index (χ0v) is 9.41. The molecule has 84 valence electrons. The van der Waals surface area contributed by atoms with E-state index < -0.39 is 15.8 Å². The van der Waals surface area contributed by atoms with Crippen LogP contribution in [0.2, 0.25) is 0 Å². The lowest BCUT2D eigenvalue weighted by atomic mass is 10.00. The van der Waals surface area contributed by atoms with Crippen LogP contribution < -0.4 is 0 Å². The Balaban J connectivity index is 2.67. The summed E-state index contributed by atoms with van der Waals surface area (Å²) in [5, 5.41) is 9.93. The van der Waals surface area contributed by atoms with Gasteiger partial charge in [0, 0.05) is 11.0 Å². The van der Waals surface area contributed by atoms with Crippen LogP contribution in [0.25, 0.3) is 5.57 Å². The predicted molar refractivity (Wildman–Crippen MR) is 58.6 cm³/mol. The summed E-state index contributed by atoms with van der Waals surface area (Å²) in [6.45, 7) is 1.68. The van der Waals surface area contributed by atoms with E-state index in [9.17, 15) is 13.2 Å². The highest BCUT2D eigenvalue weighted by molar-refractivity contribution is 7.95. The van der Waals surface area contributed by atoms with Crippen molar-refractivity contribution >= 4 is 21.4 Å². The first-order chi connectivity index (χ1) is 7.42. The van der Waals surface area contributed by atoms with Gasteiger partial charge in [0.05, 0.1) is 11.3 Å². The zero-order valence-electron chi connectivity index (χ0n) is 8.60. The highest BCUT2D eigenvalue weighted by Gasteiger charge is 2.27. The summed E-state index contributed by atoms with van der Waals surface area (Å²) in [5.41, 5.74) is 1.69. The van der Waals surface area contributed by atoms with Crippen LogP contribution in [0.3, 0.4) is 0 Å². The Morgan fingerprint density at radius 3 is 2.69 bits per heavy atom. The number of carboxylic acids is 1. The maximum atomic E-state index is 11.7. The molecular formula is C11H10O4S. The molecule has 0 radical (unpaired) electrons. The molecule has 1 aliphatic rings. The summed E-state index contributed by atoms with van der Waals surface area (Å²) in [5.74, 6) is -0.967. The monoisotopic (exact) mass is 238 g/mol. The Hall–Kier alpha value is -1.62. The highest BCUT2D eigenvalue weighted by Crippen LogP contribution is 2.35. The second-order valence-electron chi connectivity index (χ2n) is 3.71. The Labute approximate surface area is 93.1 Å². The van der Waals surface area contributed by atoms with Crippen LogP contribution in [-0.4, -0.2) is 19.5 Å². The molecule has 0 saturated carbocycles. The van der Waals surface area contributed by atoms with Crippen molar-refractivity contribution in [1.29, 1.82) is 0 Å². The van der Waals surface area contributed by atoms with E-state index in [-0.39, 0.29) is 11.3 Å². The molecule has 0 saturated heterocycles. The molecule has 0 spiro atoms. The Bertz CT molecular complexity index is 596. The zero-order chi connectivity index (χ0) is 11.9. The fourth-order valence-electron chi connectivity index (χ4n) is 1.93. The SMILES string of the molecule is CC1=CS(=O)(=O)c2cccc(CC(=O)O)c21. The van der Waals surface area contributed by atoms with Gasteiger partial charge in [0.2, 0.25) is 9.84 Å². The molecule has 1 aliphatic heterocycles. The minimum absolute atomic E-state index is 0.163.